The minimum atomic E-state index is -5.08. The average Bonchev–Trinajstić information content (AvgIpc) is 2.66. The predicted octanol–water partition coefficient (Wildman–Crippen LogP) is 1.79. The summed E-state index contributed by atoms with van der Waals surface area (Å²) in [6, 6.07) is 6.69. The van der Waals surface area contributed by atoms with Gasteiger partial charge < -0.3 is 19.5 Å². The number of rotatable bonds is 3. The summed E-state index contributed by atoms with van der Waals surface area (Å²) in [7, 11) is 0. The fourth-order valence-corrected chi connectivity index (χ4v) is 3.21. The molecule has 2 aliphatic rings. The van der Waals surface area contributed by atoms with Crippen LogP contribution in [0.3, 0.4) is 0 Å². The Morgan fingerprint density at radius 1 is 1.10 bits per heavy atom. The number of likely N-dealkylation sites (N-methyl/N-ethyl adjacent to an activating group) is 1. The molecule has 2 saturated heterocycles. The van der Waals surface area contributed by atoms with Gasteiger partial charge in [0.2, 0.25) is 0 Å². The molecule has 2 heterocycles. The molecule has 0 aliphatic carbocycles. The molecule has 1 N–H and O–H groups in total. The van der Waals surface area contributed by atoms with Crippen molar-refractivity contribution in [2.45, 2.75) is 32.2 Å². The zero-order chi connectivity index (χ0) is 22.5. The number of benzene rings is 1. The number of esters is 1. The Balaban J connectivity index is 0.000000396. The SMILES string of the molecule is CCN1CC2CN(C(=O)c3ccc(OC(C)=O)cc3)CC(C1)O2.O=C(O)C(F)(F)F. The van der Waals surface area contributed by atoms with E-state index in [0.717, 1.165) is 19.6 Å². The van der Waals surface area contributed by atoms with Crippen molar-refractivity contribution in [1.82, 2.24) is 9.80 Å². The van der Waals surface area contributed by atoms with E-state index in [1.165, 1.54) is 6.92 Å². The lowest BCUT2D eigenvalue weighted by Gasteiger charge is -2.45. The van der Waals surface area contributed by atoms with Gasteiger partial charge in [-0.25, -0.2) is 4.79 Å². The standard InChI is InChI=1S/C17H22N2O4.C2HF3O2/c1-3-18-8-15-10-19(11-16(9-18)23-15)17(21)13-4-6-14(7-5-13)22-12(2)20;3-2(4,5)1(6)7/h4-7,15-16H,3,8-11H2,1-2H3;(H,6,7). The van der Waals surface area contributed by atoms with Crippen molar-refractivity contribution in [3.05, 3.63) is 29.8 Å². The van der Waals surface area contributed by atoms with E-state index in [4.69, 9.17) is 19.4 Å². The largest absolute Gasteiger partial charge is 0.490 e. The van der Waals surface area contributed by atoms with E-state index < -0.39 is 12.1 Å². The van der Waals surface area contributed by atoms with E-state index in [0.29, 0.717) is 24.4 Å². The van der Waals surface area contributed by atoms with Crippen LogP contribution in [0.5, 0.6) is 5.75 Å². The summed E-state index contributed by atoms with van der Waals surface area (Å²) >= 11 is 0. The summed E-state index contributed by atoms with van der Waals surface area (Å²) in [4.78, 5) is 36.7. The number of hydrogen-bond acceptors (Lipinski definition) is 6. The molecule has 1 aromatic rings. The molecule has 0 radical (unpaired) electrons. The second-order valence-corrected chi connectivity index (χ2v) is 6.86. The van der Waals surface area contributed by atoms with E-state index in [9.17, 15) is 22.8 Å². The quantitative estimate of drug-likeness (QED) is 0.575. The van der Waals surface area contributed by atoms with Gasteiger partial charge in [0.1, 0.15) is 5.75 Å². The molecule has 166 valence electrons. The van der Waals surface area contributed by atoms with Crippen LogP contribution in [0.15, 0.2) is 24.3 Å². The second-order valence-electron chi connectivity index (χ2n) is 6.86. The van der Waals surface area contributed by atoms with E-state index in [1.54, 1.807) is 24.3 Å². The number of carboxylic acid groups (broad SMARTS) is 1. The molecular weight excluding hydrogens is 409 g/mol. The van der Waals surface area contributed by atoms with Crippen LogP contribution in [0.25, 0.3) is 0 Å². The van der Waals surface area contributed by atoms with Crippen molar-refractivity contribution >= 4 is 17.8 Å². The summed E-state index contributed by atoms with van der Waals surface area (Å²) in [5, 5.41) is 7.12. The van der Waals surface area contributed by atoms with Crippen molar-refractivity contribution in [2.24, 2.45) is 0 Å². The maximum atomic E-state index is 12.7. The Bertz CT molecular complexity index is 755. The predicted molar refractivity (Wildman–Crippen MR) is 98.1 cm³/mol. The van der Waals surface area contributed by atoms with Crippen LogP contribution in [0.1, 0.15) is 24.2 Å². The summed E-state index contributed by atoms with van der Waals surface area (Å²) < 4.78 is 42.7. The molecule has 8 nitrogen and oxygen atoms in total. The Kier molecular flexibility index (Phi) is 7.79. The van der Waals surface area contributed by atoms with Gasteiger partial charge in [0.15, 0.2) is 0 Å². The number of nitrogens with zero attached hydrogens (tertiary/aromatic N) is 2. The van der Waals surface area contributed by atoms with Crippen LogP contribution in [0, 0.1) is 0 Å². The fourth-order valence-electron chi connectivity index (χ4n) is 3.21. The molecule has 1 amide bonds. The van der Waals surface area contributed by atoms with Gasteiger partial charge in [-0.3, -0.25) is 14.5 Å². The summed E-state index contributed by atoms with van der Waals surface area (Å²) in [5.74, 6) is -2.67. The first-order valence-corrected chi connectivity index (χ1v) is 9.25. The molecule has 0 saturated carbocycles. The number of halogens is 3. The van der Waals surface area contributed by atoms with Crippen LogP contribution in [0.2, 0.25) is 0 Å². The number of aliphatic carboxylic acids is 1. The number of amides is 1. The molecule has 30 heavy (non-hydrogen) atoms. The van der Waals surface area contributed by atoms with Crippen LogP contribution < -0.4 is 4.74 Å². The van der Waals surface area contributed by atoms with Gasteiger partial charge in [0, 0.05) is 38.7 Å². The third-order valence-corrected chi connectivity index (χ3v) is 4.50. The Labute approximate surface area is 171 Å². The first-order chi connectivity index (χ1) is 14.0. The van der Waals surface area contributed by atoms with Gasteiger partial charge in [0.25, 0.3) is 5.91 Å². The third kappa shape index (κ3) is 6.70. The first kappa shape index (κ1) is 23.6. The van der Waals surface area contributed by atoms with Crippen LogP contribution >= 0.6 is 0 Å². The highest BCUT2D eigenvalue weighted by molar-refractivity contribution is 5.94. The van der Waals surface area contributed by atoms with Gasteiger partial charge in [0.05, 0.1) is 12.2 Å². The van der Waals surface area contributed by atoms with Crippen LogP contribution in [-0.2, 0) is 14.3 Å². The minimum Gasteiger partial charge on any atom is -0.475 e. The summed E-state index contributed by atoms with van der Waals surface area (Å²) in [5.41, 5.74) is 0.605. The van der Waals surface area contributed by atoms with Gasteiger partial charge in [-0.05, 0) is 30.8 Å². The number of carboxylic acids is 1. The smallest absolute Gasteiger partial charge is 0.475 e. The molecule has 2 unspecified atom stereocenters. The molecule has 2 bridgehead atoms. The van der Waals surface area contributed by atoms with Gasteiger partial charge in [-0.1, -0.05) is 6.92 Å². The maximum Gasteiger partial charge on any atom is 0.490 e. The molecular formula is C19H23F3N2O6. The van der Waals surface area contributed by atoms with E-state index in [1.807, 2.05) is 4.90 Å². The molecule has 2 fully saturated rings. The number of carbonyl (C=O) groups is 3. The lowest BCUT2D eigenvalue weighted by atomic mass is 10.1. The molecule has 3 rings (SSSR count). The lowest BCUT2D eigenvalue weighted by molar-refractivity contribution is -0.192. The molecule has 1 aromatic carbocycles. The Morgan fingerprint density at radius 3 is 2.00 bits per heavy atom. The van der Waals surface area contributed by atoms with Crippen LogP contribution in [-0.4, -0.2) is 83.9 Å². The Hall–Kier alpha value is -2.66. The number of carbonyl (C=O) groups excluding carboxylic acids is 2. The van der Waals surface area contributed by atoms with Crippen molar-refractivity contribution < 1.29 is 42.1 Å². The van der Waals surface area contributed by atoms with Crippen molar-refractivity contribution in [1.29, 1.82) is 0 Å². The molecule has 2 atom stereocenters. The second kappa shape index (κ2) is 9.90. The third-order valence-electron chi connectivity index (χ3n) is 4.50. The minimum absolute atomic E-state index is 0.00243. The normalized spacial score (nSPS) is 21.3. The Morgan fingerprint density at radius 2 is 1.60 bits per heavy atom. The van der Waals surface area contributed by atoms with E-state index >= 15 is 0 Å². The maximum absolute atomic E-state index is 12.7. The number of fused-ring (bicyclic) bond motifs is 2. The number of hydrogen-bond donors (Lipinski definition) is 1. The zero-order valence-electron chi connectivity index (χ0n) is 16.5. The number of ether oxygens (including phenoxy) is 2. The highest BCUT2D eigenvalue weighted by atomic mass is 19.4. The zero-order valence-corrected chi connectivity index (χ0v) is 16.5. The van der Waals surface area contributed by atoms with Gasteiger partial charge in [-0.15, -0.1) is 0 Å². The van der Waals surface area contributed by atoms with Crippen LogP contribution in [0.4, 0.5) is 13.2 Å². The topological polar surface area (TPSA) is 96.4 Å². The summed E-state index contributed by atoms with van der Waals surface area (Å²) in [6.45, 7) is 7.51. The van der Waals surface area contributed by atoms with Gasteiger partial charge in [-0.2, -0.15) is 13.2 Å². The average molecular weight is 432 g/mol. The van der Waals surface area contributed by atoms with Gasteiger partial charge >= 0.3 is 18.1 Å². The van der Waals surface area contributed by atoms with Crippen molar-refractivity contribution in [2.75, 3.05) is 32.7 Å². The van der Waals surface area contributed by atoms with Crippen molar-refractivity contribution in [3.63, 3.8) is 0 Å². The summed E-state index contributed by atoms with van der Waals surface area (Å²) in [6.07, 6.45) is -4.90. The highest BCUT2D eigenvalue weighted by Crippen LogP contribution is 2.21. The van der Waals surface area contributed by atoms with Crippen molar-refractivity contribution in [3.8, 4) is 5.75 Å². The molecule has 2 aliphatic heterocycles. The fraction of sp³-hybridized carbons (Fsp3) is 0.526. The number of morpholine rings is 2. The highest BCUT2D eigenvalue weighted by Gasteiger charge is 2.38. The van der Waals surface area contributed by atoms with E-state index in [2.05, 4.69) is 11.8 Å². The molecule has 11 heteroatoms. The molecule has 0 spiro atoms. The van der Waals surface area contributed by atoms with E-state index in [-0.39, 0.29) is 24.1 Å². The number of alkyl halides is 3. The molecule has 0 aromatic heterocycles. The monoisotopic (exact) mass is 432 g/mol. The first-order valence-electron chi connectivity index (χ1n) is 9.25. The lowest BCUT2D eigenvalue weighted by Crippen LogP contribution is -2.60.